The third-order valence-electron chi connectivity index (χ3n) is 5.38. The molecule has 3 aromatic rings. The first-order valence-electron chi connectivity index (χ1n) is 10.6. The maximum Gasteiger partial charge on any atom is 0.180 e. The number of benzene rings is 3. The van der Waals surface area contributed by atoms with Crippen molar-refractivity contribution in [2.24, 2.45) is 0 Å². The SMILES string of the molecule is COc1cc(CNc2ccc(N3CCOCC3)c(Cl)c2)cc(Cl)c1OCc1ccc(F)cc1. The van der Waals surface area contributed by atoms with Gasteiger partial charge in [-0.25, -0.2) is 4.39 Å². The van der Waals surface area contributed by atoms with Crippen LogP contribution in [0.5, 0.6) is 11.5 Å². The lowest BCUT2D eigenvalue weighted by Crippen LogP contribution is -2.36. The molecular weight excluding hydrogens is 466 g/mol. The second-order valence-electron chi connectivity index (χ2n) is 7.64. The van der Waals surface area contributed by atoms with E-state index in [1.165, 1.54) is 12.1 Å². The smallest absolute Gasteiger partial charge is 0.180 e. The summed E-state index contributed by atoms with van der Waals surface area (Å²) in [6.07, 6.45) is 0. The molecule has 0 saturated carbocycles. The van der Waals surface area contributed by atoms with Crippen molar-refractivity contribution in [3.8, 4) is 11.5 Å². The van der Waals surface area contributed by atoms with Crippen LogP contribution in [0.4, 0.5) is 15.8 Å². The van der Waals surface area contributed by atoms with Crippen molar-refractivity contribution in [1.82, 2.24) is 0 Å². The highest BCUT2D eigenvalue weighted by Crippen LogP contribution is 2.37. The molecule has 33 heavy (non-hydrogen) atoms. The van der Waals surface area contributed by atoms with E-state index in [-0.39, 0.29) is 12.4 Å². The number of methoxy groups -OCH3 is 1. The number of ether oxygens (including phenoxy) is 3. The lowest BCUT2D eigenvalue weighted by molar-refractivity contribution is 0.122. The molecule has 0 bridgehead atoms. The van der Waals surface area contributed by atoms with Gasteiger partial charge in [0.2, 0.25) is 0 Å². The zero-order valence-electron chi connectivity index (χ0n) is 18.2. The third kappa shape index (κ3) is 6.02. The van der Waals surface area contributed by atoms with Crippen molar-refractivity contribution in [2.45, 2.75) is 13.2 Å². The van der Waals surface area contributed by atoms with Gasteiger partial charge >= 0.3 is 0 Å². The van der Waals surface area contributed by atoms with Gasteiger partial charge in [-0.2, -0.15) is 0 Å². The summed E-state index contributed by atoms with van der Waals surface area (Å²) < 4.78 is 29.9. The summed E-state index contributed by atoms with van der Waals surface area (Å²) in [6.45, 7) is 3.87. The fraction of sp³-hybridized carbons (Fsp3) is 0.280. The zero-order valence-corrected chi connectivity index (χ0v) is 19.8. The van der Waals surface area contributed by atoms with E-state index in [0.29, 0.717) is 41.3 Å². The number of anilines is 2. The number of rotatable bonds is 8. The second-order valence-corrected chi connectivity index (χ2v) is 8.46. The van der Waals surface area contributed by atoms with Crippen LogP contribution in [-0.2, 0) is 17.9 Å². The summed E-state index contributed by atoms with van der Waals surface area (Å²) in [5, 5.41) is 4.51. The van der Waals surface area contributed by atoms with Crippen LogP contribution in [0.2, 0.25) is 10.0 Å². The maximum absolute atomic E-state index is 13.1. The number of nitrogens with one attached hydrogen (secondary N) is 1. The number of nitrogens with zero attached hydrogens (tertiary/aromatic N) is 1. The Labute approximate surface area is 203 Å². The van der Waals surface area contributed by atoms with Gasteiger partial charge in [-0.05, 0) is 53.6 Å². The Bertz CT molecular complexity index is 1090. The maximum atomic E-state index is 13.1. The molecule has 1 heterocycles. The Kier molecular flexibility index (Phi) is 7.81. The summed E-state index contributed by atoms with van der Waals surface area (Å²) >= 11 is 13.0. The van der Waals surface area contributed by atoms with Crippen LogP contribution in [0.15, 0.2) is 54.6 Å². The molecule has 0 amide bonds. The van der Waals surface area contributed by atoms with E-state index < -0.39 is 0 Å². The van der Waals surface area contributed by atoms with Gasteiger partial charge in [0, 0.05) is 25.3 Å². The molecule has 0 unspecified atom stereocenters. The van der Waals surface area contributed by atoms with Crippen molar-refractivity contribution in [3.05, 3.63) is 81.6 Å². The monoisotopic (exact) mass is 490 g/mol. The molecule has 0 radical (unpaired) electrons. The first-order chi connectivity index (χ1) is 16.0. The van der Waals surface area contributed by atoms with E-state index in [4.69, 9.17) is 37.4 Å². The highest BCUT2D eigenvalue weighted by molar-refractivity contribution is 6.33. The van der Waals surface area contributed by atoms with Crippen LogP contribution in [0, 0.1) is 5.82 Å². The average Bonchev–Trinajstić information content (AvgIpc) is 2.83. The number of halogens is 3. The van der Waals surface area contributed by atoms with E-state index in [1.807, 2.05) is 30.3 Å². The molecule has 1 aliphatic rings. The van der Waals surface area contributed by atoms with Crippen LogP contribution in [0.3, 0.4) is 0 Å². The first-order valence-corrected chi connectivity index (χ1v) is 11.4. The molecule has 4 rings (SSSR count). The fourth-order valence-corrected chi connectivity index (χ4v) is 4.22. The van der Waals surface area contributed by atoms with Gasteiger partial charge in [-0.15, -0.1) is 0 Å². The van der Waals surface area contributed by atoms with Crippen molar-refractivity contribution < 1.29 is 18.6 Å². The van der Waals surface area contributed by atoms with E-state index in [9.17, 15) is 4.39 Å². The Hall–Kier alpha value is -2.67. The normalized spacial score (nSPS) is 13.6. The van der Waals surface area contributed by atoms with Crippen molar-refractivity contribution in [1.29, 1.82) is 0 Å². The lowest BCUT2D eigenvalue weighted by atomic mass is 10.1. The molecule has 0 atom stereocenters. The standard InChI is InChI=1S/C25H25Cl2FN2O3/c1-31-24-13-18(12-22(27)25(24)33-16-17-2-4-19(28)5-3-17)15-29-20-6-7-23(21(26)14-20)30-8-10-32-11-9-30/h2-7,12-14,29H,8-11,15-16H2,1H3. The molecule has 3 aromatic carbocycles. The van der Waals surface area contributed by atoms with Gasteiger partial charge in [0.15, 0.2) is 11.5 Å². The minimum atomic E-state index is -0.289. The molecule has 0 spiro atoms. The molecule has 8 heteroatoms. The molecule has 0 aliphatic carbocycles. The third-order valence-corrected chi connectivity index (χ3v) is 5.97. The minimum Gasteiger partial charge on any atom is -0.493 e. The largest absolute Gasteiger partial charge is 0.493 e. The van der Waals surface area contributed by atoms with Gasteiger partial charge in [-0.1, -0.05) is 35.3 Å². The van der Waals surface area contributed by atoms with Crippen LogP contribution in [0.1, 0.15) is 11.1 Å². The predicted molar refractivity (Wildman–Crippen MR) is 131 cm³/mol. The van der Waals surface area contributed by atoms with E-state index >= 15 is 0 Å². The van der Waals surface area contributed by atoms with Gasteiger partial charge in [0.25, 0.3) is 0 Å². The van der Waals surface area contributed by atoms with Gasteiger partial charge in [0.1, 0.15) is 12.4 Å². The fourth-order valence-electron chi connectivity index (χ4n) is 3.63. The molecule has 174 valence electrons. The number of hydrogen-bond acceptors (Lipinski definition) is 5. The summed E-state index contributed by atoms with van der Waals surface area (Å²) in [5.41, 5.74) is 3.68. The number of morpholine rings is 1. The van der Waals surface area contributed by atoms with Crippen LogP contribution in [0.25, 0.3) is 0 Å². The van der Waals surface area contributed by atoms with Crippen molar-refractivity contribution in [3.63, 3.8) is 0 Å². The van der Waals surface area contributed by atoms with Crippen molar-refractivity contribution >= 4 is 34.6 Å². The molecule has 1 saturated heterocycles. The Morgan fingerprint density at radius 3 is 2.42 bits per heavy atom. The summed E-state index contributed by atoms with van der Waals surface area (Å²) in [4.78, 5) is 2.23. The average molecular weight is 491 g/mol. The van der Waals surface area contributed by atoms with Gasteiger partial charge in [-0.3, -0.25) is 0 Å². The van der Waals surface area contributed by atoms with E-state index in [2.05, 4.69) is 10.2 Å². The molecule has 1 fully saturated rings. The van der Waals surface area contributed by atoms with Crippen molar-refractivity contribution in [2.75, 3.05) is 43.6 Å². The highest BCUT2D eigenvalue weighted by atomic mass is 35.5. The number of hydrogen-bond donors (Lipinski definition) is 1. The summed E-state index contributed by atoms with van der Waals surface area (Å²) in [5.74, 6) is 0.690. The molecular formula is C25H25Cl2FN2O3. The zero-order chi connectivity index (χ0) is 23.2. The lowest BCUT2D eigenvalue weighted by Gasteiger charge is -2.29. The van der Waals surface area contributed by atoms with Crippen LogP contribution < -0.4 is 19.7 Å². The molecule has 0 aromatic heterocycles. The topological polar surface area (TPSA) is 43.0 Å². The molecule has 1 aliphatic heterocycles. The Morgan fingerprint density at radius 1 is 0.970 bits per heavy atom. The van der Waals surface area contributed by atoms with Gasteiger partial charge < -0.3 is 24.4 Å². The summed E-state index contributed by atoms with van der Waals surface area (Å²) in [6, 6.07) is 15.8. The van der Waals surface area contributed by atoms with E-state index in [0.717, 1.165) is 35.6 Å². The molecule has 5 nitrogen and oxygen atoms in total. The quantitative estimate of drug-likeness (QED) is 0.408. The highest BCUT2D eigenvalue weighted by Gasteiger charge is 2.15. The Morgan fingerprint density at radius 2 is 1.73 bits per heavy atom. The van der Waals surface area contributed by atoms with Gasteiger partial charge in [0.05, 0.1) is 36.1 Å². The second kappa shape index (κ2) is 11.0. The van der Waals surface area contributed by atoms with Crippen LogP contribution >= 0.6 is 23.2 Å². The molecule has 1 N–H and O–H groups in total. The van der Waals surface area contributed by atoms with E-state index in [1.54, 1.807) is 19.2 Å². The predicted octanol–water partition coefficient (Wildman–Crippen LogP) is 6.17. The Balaban J connectivity index is 1.41. The first kappa shape index (κ1) is 23.5. The van der Waals surface area contributed by atoms with Crippen LogP contribution in [-0.4, -0.2) is 33.4 Å². The minimum absolute atomic E-state index is 0.252. The summed E-state index contributed by atoms with van der Waals surface area (Å²) in [7, 11) is 1.57.